The van der Waals surface area contributed by atoms with Gasteiger partial charge in [0, 0.05) is 6.08 Å². The van der Waals surface area contributed by atoms with Gasteiger partial charge in [-0.2, -0.15) is 0 Å². The van der Waals surface area contributed by atoms with E-state index in [1.807, 2.05) is 0 Å². The molecule has 0 bridgehead atoms. The van der Waals surface area contributed by atoms with Gasteiger partial charge in [0.1, 0.15) is 5.60 Å². The van der Waals surface area contributed by atoms with Gasteiger partial charge in [0.15, 0.2) is 0 Å². The Balaban J connectivity index is 2.89. The van der Waals surface area contributed by atoms with Crippen molar-refractivity contribution in [1.82, 2.24) is 0 Å². The number of esters is 1. The monoisotopic (exact) mass is 127 g/mol. The third kappa shape index (κ3) is 0.896. The van der Waals surface area contributed by atoms with E-state index in [-0.39, 0.29) is 5.97 Å². The lowest BCUT2D eigenvalue weighted by molar-refractivity contribution is -0.143. The molecule has 2 N–H and O–H groups in total. The molecule has 0 fully saturated rings. The van der Waals surface area contributed by atoms with Gasteiger partial charge in [-0.15, -0.1) is 0 Å². The second-order valence-electron chi connectivity index (χ2n) is 2.53. The lowest BCUT2D eigenvalue weighted by Crippen LogP contribution is -2.27. The summed E-state index contributed by atoms with van der Waals surface area (Å²) in [4.78, 5) is 10.5. The zero-order chi connectivity index (χ0) is 7.07. The van der Waals surface area contributed by atoms with Gasteiger partial charge in [-0.25, -0.2) is 4.79 Å². The molecule has 1 aliphatic rings. The summed E-state index contributed by atoms with van der Waals surface area (Å²) >= 11 is 0. The number of carbonyl (C=O) groups is 1. The van der Waals surface area contributed by atoms with Gasteiger partial charge in [0.25, 0.3) is 0 Å². The van der Waals surface area contributed by atoms with Crippen LogP contribution >= 0.6 is 0 Å². The van der Waals surface area contributed by atoms with E-state index in [0.29, 0.717) is 5.70 Å². The Morgan fingerprint density at radius 1 is 1.67 bits per heavy atom. The highest BCUT2D eigenvalue weighted by atomic mass is 16.6. The van der Waals surface area contributed by atoms with Crippen molar-refractivity contribution >= 4 is 5.97 Å². The molecular weight excluding hydrogens is 118 g/mol. The van der Waals surface area contributed by atoms with E-state index in [0.717, 1.165) is 0 Å². The number of ether oxygens (including phenoxy) is 1. The number of rotatable bonds is 0. The van der Waals surface area contributed by atoms with E-state index in [4.69, 9.17) is 10.5 Å². The summed E-state index contributed by atoms with van der Waals surface area (Å²) in [6, 6.07) is 0. The average Bonchev–Trinajstić information content (AvgIpc) is 1.79. The van der Waals surface area contributed by atoms with Crippen LogP contribution in [0.3, 0.4) is 0 Å². The standard InChI is InChI=1S/C6H9NO2/c1-6(2)4(7)3-5(8)9-6/h3H,7H2,1-2H3. The summed E-state index contributed by atoms with van der Waals surface area (Å²) in [6.45, 7) is 3.51. The van der Waals surface area contributed by atoms with Gasteiger partial charge >= 0.3 is 5.97 Å². The van der Waals surface area contributed by atoms with Crippen LogP contribution in [-0.2, 0) is 9.53 Å². The minimum absolute atomic E-state index is 0.350. The lowest BCUT2D eigenvalue weighted by Gasteiger charge is -2.17. The van der Waals surface area contributed by atoms with E-state index in [1.165, 1.54) is 6.08 Å². The smallest absolute Gasteiger partial charge is 0.333 e. The molecule has 0 amide bonds. The highest BCUT2D eigenvalue weighted by molar-refractivity contribution is 5.86. The highest BCUT2D eigenvalue weighted by Crippen LogP contribution is 2.22. The Labute approximate surface area is 53.5 Å². The third-order valence-corrected chi connectivity index (χ3v) is 1.32. The zero-order valence-electron chi connectivity index (χ0n) is 5.47. The number of carbonyl (C=O) groups excluding carboxylic acids is 1. The van der Waals surface area contributed by atoms with Gasteiger partial charge in [0.2, 0.25) is 0 Å². The molecule has 3 heteroatoms. The molecule has 0 saturated heterocycles. The normalized spacial score (nSPS) is 23.3. The minimum Gasteiger partial charge on any atom is -0.450 e. The molecule has 0 aromatic carbocycles. The molecular formula is C6H9NO2. The van der Waals surface area contributed by atoms with Crippen LogP contribution in [0.25, 0.3) is 0 Å². The van der Waals surface area contributed by atoms with Crippen LogP contribution in [0.5, 0.6) is 0 Å². The van der Waals surface area contributed by atoms with Gasteiger partial charge in [-0.3, -0.25) is 0 Å². The van der Waals surface area contributed by atoms with Gasteiger partial charge < -0.3 is 10.5 Å². The van der Waals surface area contributed by atoms with Gasteiger partial charge in [-0.1, -0.05) is 0 Å². The van der Waals surface area contributed by atoms with E-state index in [9.17, 15) is 4.79 Å². The summed E-state index contributed by atoms with van der Waals surface area (Å²) in [5.41, 5.74) is 5.33. The van der Waals surface area contributed by atoms with Crippen LogP contribution in [0.2, 0.25) is 0 Å². The molecule has 1 aliphatic heterocycles. The van der Waals surface area contributed by atoms with Crippen molar-refractivity contribution in [3.05, 3.63) is 11.8 Å². The van der Waals surface area contributed by atoms with Crippen molar-refractivity contribution in [1.29, 1.82) is 0 Å². The van der Waals surface area contributed by atoms with Crippen LogP contribution in [0, 0.1) is 0 Å². The maximum Gasteiger partial charge on any atom is 0.333 e. The fourth-order valence-corrected chi connectivity index (χ4v) is 0.641. The van der Waals surface area contributed by atoms with Crippen LogP contribution in [0.4, 0.5) is 0 Å². The zero-order valence-corrected chi connectivity index (χ0v) is 5.47. The van der Waals surface area contributed by atoms with Crippen molar-refractivity contribution in [3.8, 4) is 0 Å². The molecule has 3 nitrogen and oxygen atoms in total. The first-order valence-electron chi connectivity index (χ1n) is 2.73. The van der Waals surface area contributed by atoms with Crippen LogP contribution in [-0.4, -0.2) is 11.6 Å². The molecule has 0 unspecified atom stereocenters. The highest BCUT2D eigenvalue weighted by Gasteiger charge is 2.31. The van der Waals surface area contributed by atoms with Gasteiger partial charge in [-0.05, 0) is 13.8 Å². The van der Waals surface area contributed by atoms with E-state index in [2.05, 4.69) is 0 Å². The molecule has 9 heavy (non-hydrogen) atoms. The third-order valence-electron chi connectivity index (χ3n) is 1.32. The van der Waals surface area contributed by atoms with Gasteiger partial charge in [0.05, 0.1) is 5.70 Å². The van der Waals surface area contributed by atoms with Crippen molar-refractivity contribution in [2.45, 2.75) is 19.4 Å². The molecule has 1 heterocycles. The topological polar surface area (TPSA) is 52.3 Å². The Bertz CT molecular complexity index is 181. The summed E-state index contributed by atoms with van der Waals surface area (Å²) < 4.78 is 4.80. The maximum atomic E-state index is 10.5. The molecule has 0 atom stereocenters. The molecule has 1 rings (SSSR count). The average molecular weight is 127 g/mol. The summed E-state index contributed by atoms with van der Waals surface area (Å²) in [6.07, 6.45) is 1.31. The van der Waals surface area contributed by atoms with E-state index < -0.39 is 5.60 Å². The summed E-state index contributed by atoms with van der Waals surface area (Å²) in [7, 11) is 0. The molecule has 50 valence electrons. The van der Waals surface area contributed by atoms with Crippen LogP contribution < -0.4 is 5.73 Å². The van der Waals surface area contributed by atoms with Crippen LogP contribution in [0.1, 0.15) is 13.8 Å². The summed E-state index contributed by atoms with van der Waals surface area (Å²) in [5, 5.41) is 0. The fourth-order valence-electron chi connectivity index (χ4n) is 0.641. The van der Waals surface area contributed by atoms with E-state index >= 15 is 0 Å². The predicted molar refractivity (Wildman–Crippen MR) is 32.4 cm³/mol. The molecule has 0 saturated carbocycles. The Kier molecular flexibility index (Phi) is 1.02. The molecule has 0 aromatic heterocycles. The first kappa shape index (κ1) is 6.13. The minimum atomic E-state index is -0.586. The number of nitrogens with two attached hydrogens (primary N) is 1. The maximum absolute atomic E-state index is 10.5. The number of hydrogen-bond acceptors (Lipinski definition) is 3. The Hall–Kier alpha value is -0.990. The van der Waals surface area contributed by atoms with Crippen molar-refractivity contribution in [2.75, 3.05) is 0 Å². The molecule has 0 aromatic rings. The molecule has 0 aliphatic carbocycles. The van der Waals surface area contributed by atoms with Crippen molar-refractivity contribution in [3.63, 3.8) is 0 Å². The lowest BCUT2D eigenvalue weighted by atomic mass is 10.1. The largest absolute Gasteiger partial charge is 0.450 e. The van der Waals surface area contributed by atoms with Crippen LogP contribution in [0.15, 0.2) is 11.8 Å². The number of cyclic esters (lactones) is 1. The second-order valence-corrected chi connectivity index (χ2v) is 2.53. The second kappa shape index (κ2) is 1.50. The molecule has 0 radical (unpaired) electrons. The van der Waals surface area contributed by atoms with Crippen molar-refractivity contribution < 1.29 is 9.53 Å². The Morgan fingerprint density at radius 2 is 2.22 bits per heavy atom. The Morgan fingerprint density at radius 3 is 2.33 bits per heavy atom. The fraction of sp³-hybridized carbons (Fsp3) is 0.500. The van der Waals surface area contributed by atoms with E-state index in [1.54, 1.807) is 13.8 Å². The predicted octanol–water partition coefficient (Wildman–Crippen LogP) is 0.164. The molecule has 0 spiro atoms. The first-order chi connectivity index (χ1) is 4.02. The quantitative estimate of drug-likeness (QED) is 0.472. The summed E-state index contributed by atoms with van der Waals surface area (Å²) in [5.74, 6) is -0.350. The SMILES string of the molecule is CC1(C)OC(=O)C=C1N. The number of hydrogen-bond donors (Lipinski definition) is 1. The first-order valence-corrected chi connectivity index (χ1v) is 2.73. The van der Waals surface area contributed by atoms with Crippen molar-refractivity contribution in [2.24, 2.45) is 5.73 Å².